The highest BCUT2D eigenvalue weighted by Crippen LogP contribution is 2.60. The molecule has 7 heterocycles. The van der Waals surface area contributed by atoms with Crippen molar-refractivity contribution < 1.29 is 63.2 Å². The zero-order chi connectivity index (χ0) is 45.1. The second kappa shape index (κ2) is 19.5. The molecule has 1 saturated carbocycles. The van der Waals surface area contributed by atoms with Gasteiger partial charge in [-0.05, 0) is 68.2 Å². The molecule has 11 atom stereocenters. The number of benzene rings is 2. The molecular weight excluding hydrogens is 836 g/mol. The van der Waals surface area contributed by atoms with Crippen molar-refractivity contribution in [2.75, 3.05) is 7.11 Å². The Hall–Kier alpha value is -4.87. The Balaban J connectivity index is 0.000000144. The van der Waals surface area contributed by atoms with Crippen molar-refractivity contribution in [3.8, 4) is 11.5 Å². The smallest absolute Gasteiger partial charge is 0.342 e. The highest BCUT2D eigenvalue weighted by atomic mass is 35.5. The molecule has 0 radical (unpaired) electrons. The minimum atomic E-state index is -0.938. The van der Waals surface area contributed by atoms with E-state index in [1.807, 2.05) is 48.0 Å². The number of carbonyl (C=O) groups excluding carboxylic acids is 2. The van der Waals surface area contributed by atoms with E-state index >= 15 is 0 Å². The lowest BCUT2D eigenvalue weighted by Crippen LogP contribution is -2.70. The number of carbonyl (C=O) groups is 3. The largest absolute Gasteiger partial charge is 0.507 e. The molecule has 16 heteroatoms. The number of hydrogen-bond acceptors (Lipinski definition) is 13. The summed E-state index contributed by atoms with van der Waals surface area (Å²) in [6.07, 6.45) is 17.9. The minimum Gasteiger partial charge on any atom is -0.507 e. The van der Waals surface area contributed by atoms with E-state index in [1.54, 1.807) is 44.8 Å². The van der Waals surface area contributed by atoms with E-state index in [4.69, 9.17) is 50.2 Å². The quantitative estimate of drug-likeness (QED) is 0.0982. The summed E-state index contributed by atoms with van der Waals surface area (Å²) in [6.45, 7) is 8.95. The normalized spacial score (nSPS) is 34.2. The Labute approximate surface area is 371 Å². The van der Waals surface area contributed by atoms with Gasteiger partial charge in [-0.2, -0.15) is 0 Å². The number of allylic oxidation sites excluding steroid dienone is 3. The minimum absolute atomic E-state index is 0.0348. The number of hydrogen-bond donors (Lipinski definition) is 3. The van der Waals surface area contributed by atoms with Gasteiger partial charge in [0.2, 0.25) is 5.79 Å². The van der Waals surface area contributed by atoms with Crippen LogP contribution < -0.4 is 0 Å². The molecular formula is C47H55ClN2O13. The van der Waals surface area contributed by atoms with Crippen molar-refractivity contribution in [1.82, 2.24) is 9.55 Å². The number of esters is 1. The number of nitrogens with zero attached hydrogens (tertiary/aromatic N) is 2. The van der Waals surface area contributed by atoms with Crippen LogP contribution in [0.2, 0.25) is 5.02 Å². The predicted molar refractivity (Wildman–Crippen MR) is 228 cm³/mol. The number of aromatic nitrogens is 2. The lowest BCUT2D eigenvalue weighted by Gasteiger charge is -2.60. The molecule has 15 nitrogen and oxygen atoms in total. The van der Waals surface area contributed by atoms with Crippen LogP contribution in [0.5, 0.6) is 11.5 Å². The van der Waals surface area contributed by atoms with Crippen molar-refractivity contribution >= 4 is 35.4 Å². The van der Waals surface area contributed by atoms with Crippen LogP contribution in [0.15, 0.2) is 79.4 Å². The summed E-state index contributed by atoms with van der Waals surface area (Å²) < 4.78 is 30.7. The van der Waals surface area contributed by atoms with Gasteiger partial charge >= 0.3 is 11.9 Å². The molecule has 1 aromatic heterocycles. The fourth-order valence-electron chi connectivity index (χ4n) is 9.41. The zero-order valence-electron chi connectivity index (χ0n) is 35.9. The number of phenolic OH excluding ortho intramolecular Hbond substituents is 2. The second-order valence-electron chi connectivity index (χ2n) is 17.2. The van der Waals surface area contributed by atoms with E-state index < -0.39 is 47.2 Å². The van der Waals surface area contributed by atoms with E-state index in [9.17, 15) is 24.6 Å². The second-order valence-corrected chi connectivity index (χ2v) is 17.6. The van der Waals surface area contributed by atoms with Crippen LogP contribution >= 0.6 is 11.6 Å². The van der Waals surface area contributed by atoms with Crippen LogP contribution in [0.25, 0.3) is 6.08 Å². The molecule has 3 N–H and O–H groups in total. The van der Waals surface area contributed by atoms with Crippen LogP contribution in [-0.4, -0.2) is 92.0 Å². The predicted octanol–water partition coefficient (Wildman–Crippen LogP) is 7.56. The standard InChI is InChI=1S/C18H17ClO6.C16H26O5.C13H12N2O2/c1-9-6-15-14(25-15)5-3-2-4-10(20)7-11-16(18(23)24-9)12(21)8-13(22)17(11)19;1-9-5-6-12-10(2)13(17-4)18-14-16(12)11(9)7-8-15(3,19-14)20-21-16;16-13(17)6-5-11-1-3-12(4-2-11)9-15-8-7-14-10-15/h2-5,8-9,14-15,21-22H,6-7H2,1H3;9-14H,5-8H2,1-4H3;1-8,10H,9H2,(H,16,17)/b4-2+,5-3-;;6-5+/t;9-,10-,11+,12+,13+,14-,15+,16?;/m.1./s1. The van der Waals surface area contributed by atoms with Crippen LogP contribution in [0.3, 0.4) is 0 Å². The maximum atomic E-state index is 12.5. The SMILES string of the molecule is CC1CC2OC2/C=C\C=C\C(=O)Cc2c(Cl)c(O)cc(O)c2C(=O)O1.CO[C@H]1O[C@@H]2O[C@]3(C)CC[C@H]4[C@H](C)CC[C@@H]([C@H]1C)C24OO3.O=C(O)/C=C/c1ccc(Cn2ccnc2)cc1. The molecule has 5 saturated heterocycles. The molecule has 0 amide bonds. The van der Waals surface area contributed by atoms with Gasteiger partial charge in [-0.1, -0.05) is 67.9 Å². The first-order valence-electron chi connectivity index (χ1n) is 21.3. The highest BCUT2D eigenvalue weighted by molar-refractivity contribution is 6.33. The third-order valence-electron chi connectivity index (χ3n) is 12.7. The monoisotopic (exact) mass is 890 g/mol. The first kappa shape index (κ1) is 46.1. The number of imidazole rings is 1. The third-order valence-corrected chi connectivity index (χ3v) is 13.1. The van der Waals surface area contributed by atoms with Crippen molar-refractivity contribution in [3.63, 3.8) is 0 Å². The zero-order valence-corrected chi connectivity index (χ0v) is 36.7. The lowest BCUT2D eigenvalue weighted by atomic mass is 9.58. The average Bonchev–Trinajstić information content (AvgIpc) is 3.85. The van der Waals surface area contributed by atoms with Gasteiger partial charge in [-0.3, -0.25) is 4.79 Å². The summed E-state index contributed by atoms with van der Waals surface area (Å²) in [7, 11) is 1.70. The van der Waals surface area contributed by atoms with E-state index in [0.29, 0.717) is 24.2 Å². The summed E-state index contributed by atoms with van der Waals surface area (Å²) in [6, 6.07) is 8.69. The number of phenols is 2. The number of cyclic esters (lactones) is 1. The van der Waals surface area contributed by atoms with E-state index in [2.05, 4.69) is 18.8 Å². The van der Waals surface area contributed by atoms with Gasteiger partial charge in [0, 0.05) is 74.9 Å². The number of aliphatic carboxylic acids is 1. The topological polar surface area (TPSA) is 198 Å². The third kappa shape index (κ3) is 10.4. The van der Waals surface area contributed by atoms with Crippen LogP contribution in [0.1, 0.15) is 86.8 Å². The summed E-state index contributed by atoms with van der Waals surface area (Å²) in [5.41, 5.74) is 1.38. The van der Waals surface area contributed by atoms with Crippen LogP contribution in [-0.2, 0) is 56.0 Å². The summed E-state index contributed by atoms with van der Waals surface area (Å²) in [4.78, 5) is 50.7. The number of epoxide rings is 1. The van der Waals surface area contributed by atoms with E-state index in [-0.39, 0.29) is 52.8 Å². The van der Waals surface area contributed by atoms with Gasteiger partial charge in [0.1, 0.15) is 29.3 Å². The summed E-state index contributed by atoms with van der Waals surface area (Å²) >= 11 is 6.05. The molecule has 2 aromatic carbocycles. The fraction of sp³-hybridized carbons (Fsp3) is 0.489. The number of aromatic hydroxyl groups is 2. The number of ether oxygens (including phenoxy) is 5. The Morgan fingerprint density at radius 2 is 1.81 bits per heavy atom. The summed E-state index contributed by atoms with van der Waals surface area (Å²) in [5, 5.41) is 28.2. The number of carboxylic acids is 1. The maximum Gasteiger partial charge on any atom is 0.342 e. The molecule has 10 rings (SSSR count). The van der Waals surface area contributed by atoms with Gasteiger partial charge in [-0.25, -0.2) is 24.3 Å². The number of fused-ring (bicyclic) bond motifs is 4. The summed E-state index contributed by atoms with van der Waals surface area (Å²) in [5.74, 6) is -2.03. The fourth-order valence-corrected chi connectivity index (χ4v) is 9.63. The Morgan fingerprint density at radius 1 is 1.03 bits per heavy atom. The van der Waals surface area contributed by atoms with Crippen LogP contribution in [0, 0.1) is 23.7 Å². The van der Waals surface area contributed by atoms with Gasteiger partial charge in [0.05, 0.1) is 17.5 Å². The number of methoxy groups -OCH3 is 1. The number of rotatable bonds is 5. The van der Waals surface area contributed by atoms with Gasteiger partial charge in [0.15, 0.2) is 24.0 Å². The number of halogens is 1. The van der Waals surface area contributed by atoms with Gasteiger partial charge < -0.3 is 43.6 Å². The lowest BCUT2D eigenvalue weighted by molar-refractivity contribution is -0.577. The number of carboxylic acid groups (broad SMARTS) is 1. The maximum absolute atomic E-state index is 12.5. The van der Waals surface area contributed by atoms with Crippen molar-refractivity contribution in [2.24, 2.45) is 23.7 Å². The van der Waals surface area contributed by atoms with Crippen molar-refractivity contribution in [3.05, 3.63) is 107 Å². The molecule has 1 spiro atoms. The first-order chi connectivity index (χ1) is 30.1. The highest BCUT2D eigenvalue weighted by Gasteiger charge is 2.69. The van der Waals surface area contributed by atoms with Crippen molar-refractivity contribution in [2.45, 2.75) is 115 Å². The molecule has 338 valence electrons. The van der Waals surface area contributed by atoms with E-state index in [1.165, 1.54) is 12.5 Å². The Kier molecular flexibility index (Phi) is 14.3. The average molecular weight is 891 g/mol. The van der Waals surface area contributed by atoms with Crippen LogP contribution in [0.4, 0.5) is 0 Å². The molecule has 7 aliphatic rings. The first-order valence-corrected chi connectivity index (χ1v) is 21.6. The van der Waals surface area contributed by atoms with E-state index in [0.717, 1.165) is 49.1 Å². The molecule has 6 fully saturated rings. The molecule has 4 unspecified atom stereocenters. The molecule has 6 aliphatic heterocycles. The van der Waals surface area contributed by atoms with Crippen molar-refractivity contribution in [1.29, 1.82) is 0 Å². The molecule has 3 aromatic rings. The molecule has 2 bridgehead atoms. The Morgan fingerprint density at radius 3 is 2.52 bits per heavy atom. The molecule has 63 heavy (non-hydrogen) atoms. The number of ketones is 1. The van der Waals surface area contributed by atoms with Gasteiger partial charge in [0.25, 0.3) is 0 Å². The Bertz CT molecular complexity index is 2210. The molecule has 1 aliphatic carbocycles. The van der Waals surface area contributed by atoms with Gasteiger partial charge in [-0.15, -0.1) is 0 Å².